The fourth-order valence-corrected chi connectivity index (χ4v) is 1.21. The predicted octanol–water partition coefficient (Wildman–Crippen LogP) is 1.40. The predicted molar refractivity (Wildman–Crippen MR) is 42.0 cm³/mol. The molecule has 0 spiro atoms. The van der Waals surface area contributed by atoms with Gasteiger partial charge in [0.25, 0.3) is 0 Å². The lowest BCUT2D eigenvalue weighted by Gasteiger charge is -1.89. The van der Waals surface area contributed by atoms with Crippen molar-refractivity contribution in [3.63, 3.8) is 0 Å². The third kappa shape index (κ3) is 1.25. The molecule has 2 aromatic rings. The Bertz CT molecular complexity index is 317. The highest BCUT2D eigenvalue weighted by atomic mass is 32.1. The van der Waals surface area contributed by atoms with Gasteiger partial charge in [-0.25, -0.2) is 0 Å². The van der Waals surface area contributed by atoms with E-state index in [1.807, 2.05) is 17.5 Å². The molecule has 0 aliphatic rings. The molecule has 3 nitrogen and oxygen atoms in total. The van der Waals surface area contributed by atoms with E-state index in [-0.39, 0.29) is 0 Å². The van der Waals surface area contributed by atoms with Crippen molar-refractivity contribution in [2.45, 2.75) is 0 Å². The van der Waals surface area contributed by atoms with Crippen LogP contribution in [0.5, 0.6) is 0 Å². The Labute approximate surface area is 67.9 Å². The van der Waals surface area contributed by atoms with Crippen molar-refractivity contribution >= 4 is 11.5 Å². The first-order chi connectivity index (χ1) is 5.47. The Balaban J connectivity index is 2.46. The number of rotatable bonds is 1. The van der Waals surface area contributed by atoms with Crippen LogP contribution < -0.4 is 0 Å². The Hall–Kier alpha value is -1.29. The molecule has 0 saturated heterocycles. The zero-order valence-corrected chi connectivity index (χ0v) is 6.38. The molecule has 53 valence electrons. The normalized spacial score (nSPS) is 9.82. The van der Waals surface area contributed by atoms with Crippen LogP contribution in [0.25, 0.3) is 11.3 Å². The summed E-state index contributed by atoms with van der Waals surface area (Å²) in [6.45, 7) is 0. The standard InChI is InChI=1S/C7H4N3S/c1-2-6(4-8-3-1)7-5-11-10-9-7/h1-3,5H. The van der Waals surface area contributed by atoms with E-state index in [0.717, 1.165) is 11.3 Å². The molecule has 11 heavy (non-hydrogen) atoms. The quantitative estimate of drug-likeness (QED) is 0.636. The van der Waals surface area contributed by atoms with E-state index in [1.54, 1.807) is 6.20 Å². The van der Waals surface area contributed by atoms with Gasteiger partial charge in [-0.05, 0) is 23.7 Å². The Morgan fingerprint density at radius 3 is 3.09 bits per heavy atom. The van der Waals surface area contributed by atoms with Gasteiger partial charge in [-0.15, -0.1) is 5.10 Å². The number of aromatic nitrogens is 3. The molecule has 0 aliphatic carbocycles. The summed E-state index contributed by atoms with van der Waals surface area (Å²) in [4.78, 5) is 3.85. The summed E-state index contributed by atoms with van der Waals surface area (Å²) in [7, 11) is 0. The monoisotopic (exact) mass is 162 g/mol. The van der Waals surface area contributed by atoms with Gasteiger partial charge in [-0.3, -0.25) is 4.98 Å². The molecular weight excluding hydrogens is 158 g/mol. The van der Waals surface area contributed by atoms with Crippen LogP contribution in [-0.2, 0) is 0 Å². The average Bonchev–Trinajstić information content (AvgIpc) is 2.58. The second kappa shape index (κ2) is 2.75. The first-order valence-electron chi connectivity index (χ1n) is 3.07. The van der Waals surface area contributed by atoms with Gasteiger partial charge in [0.15, 0.2) is 0 Å². The molecule has 0 amide bonds. The second-order valence-corrected chi connectivity index (χ2v) is 2.56. The molecule has 2 heterocycles. The van der Waals surface area contributed by atoms with E-state index < -0.39 is 0 Å². The van der Waals surface area contributed by atoms with Crippen LogP contribution in [0.15, 0.2) is 23.7 Å². The summed E-state index contributed by atoms with van der Waals surface area (Å²) in [5, 5.41) is 5.75. The van der Waals surface area contributed by atoms with Crippen LogP contribution in [-0.4, -0.2) is 14.6 Å². The molecule has 4 heteroatoms. The Kier molecular flexibility index (Phi) is 1.61. The minimum absolute atomic E-state index is 0.836. The van der Waals surface area contributed by atoms with Crippen molar-refractivity contribution in [1.82, 2.24) is 14.6 Å². The SMILES string of the molecule is [c]1ncccc1-c1csnn1. The van der Waals surface area contributed by atoms with Gasteiger partial charge in [0.1, 0.15) is 5.69 Å². The largest absolute Gasteiger partial charge is 0.254 e. The van der Waals surface area contributed by atoms with Gasteiger partial charge in [0.05, 0.1) is 6.20 Å². The zero-order chi connectivity index (χ0) is 7.52. The highest BCUT2D eigenvalue weighted by Gasteiger charge is 1.98. The van der Waals surface area contributed by atoms with Gasteiger partial charge >= 0.3 is 0 Å². The summed E-state index contributed by atoms with van der Waals surface area (Å²) in [6.07, 6.45) is 4.51. The van der Waals surface area contributed by atoms with E-state index in [0.29, 0.717) is 0 Å². The topological polar surface area (TPSA) is 38.7 Å². The van der Waals surface area contributed by atoms with Crippen molar-refractivity contribution in [2.24, 2.45) is 0 Å². The second-order valence-electron chi connectivity index (χ2n) is 1.95. The molecule has 0 aromatic carbocycles. The van der Waals surface area contributed by atoms with Crippen molar-refractivity contribution in [2.75, 3.05) is 0 Å². The average molecular weight is 162 g/mol. The van der Waals surface area contributed by atoms with Crippen LogP contribution in [0.2, 0.25) is 0 Å². The van der Waals surface area contributed by atoms with Crippen LogP contribution in [0.4, 0.5) is 0 Å². The molecule has 2 aromatic heterocycles. The van der Waals surface area contributed by atoms with Gasteiger partial charge in [-0.1, -0.05) is 4.49 Å². The maximum absolute atomic E-state index is 3.88. The summed E-state index contributed by atoms with van der Waals surface area (Å²) in [5.41, 5.74) is 1.73. The fourth-order valence-electron chi connectivity index (χ4n) is 0.751. The third-order valence-corrected chi connectivity index (χ3v) is 1.75. The van der Waals surface area contributed by atoms with Crippen LogP contribution in [0, 0.1) is 6.20 Å². The molecule has 0 fully saturated rings. The van der Waals surface area contributed by atoms with E-state index in [4.69, 9.17) is 0 Å². The van der Waals surface area contributed by atoms with Crippen molar-refractivity contribution in [3.05, 3.63) is 29.9 Å². The molecule has 0 aliphatic heterocycles. The third-order valence-electron chi connectivity index (χ3n) is 1.24. The smallest absolute Gasteiger partial charge is 0.108 e. The number of pyridine rings is 1. The molecule has 1 radical (unpaired) electrons. The maximum Gasteiger partial charge on any atom is 0.108 e. The van der Waals surface area contributed by atoms with E-state index in [2.05, 4.69) is 20.8 Å². The van der Waals surface area contributed by atoms with Crippen LogP contribution in [0.3, 0.4) is 0 Å². The van der Waals surface area contributed by atoms with E-state index in [9.17, 15) is 0 Å². The molecule has 0 N–H and O–H groups in total. The number of nitrogens with zero attached hydrogens (tertiary/aromatic N) is 3. The van der Waals surface area contributed by atoms with Gasteiger partial charge in [0, 0.05) is 17.1 Å². The number of hydrogen-bond acceptors (Lipinski definition) is 4. The van der Waals surface area contributed by atoms with Gasteiger partial charge < -0.3 is 0 Å². The minimum Gasteiger partial charge on any atom is -0.254 e. The Morgan fingerprint density at radius 2 is 2.45 bits per heavy atom. The molecule has 2 rings (SSSR count). The Morgan fingerprint density at radius 1 is 1.45 bits per heavy atom. The number of hydrogen-bond donors (Lipinski definition) is 0. The minimum atomic E-state index is 0.836. The van der Waals surface area contributed by atoms with E-state index >= 15 is 0 Å². The summed E-state index contributed by atoms with van der Waals surface area (Å²) in [5.74, 6) is 0. The summed E-state index contributed by atoms with van der Waals surface area (Å²) >= 11 is 1.33. The molecule has 0 unspecified atom stereocenters. The molecular formula is C7H4N3S. The highest BCUT2D eigenvalue weighted by Crippen LogP contribution is 2.14. The summed E-state index contributed by atoms with van der Waals surface area (Å²) in [6, 6.07) is 3.76. The lowest BCUT2D eigenvalue weighted by Crippen LogP contribution is -1.78. The van der Waals surface area contributed by atoms with Crippen molar-refractivity contribution in [1.29, 1.82) is 0 Å². The van der Waals surface area contributed by atoms with Crippen LogP contribution >= 0.6 is 11.5 Å². The molecule has 0 atom stereocenters. The first-order valence-corrected chi connectivity index (χ1v) is 3.90. The van der Waals surface area contributed by atoms with Crippen LogP contribution in [0.1, 0.15) is 0 Å². The van der Waals surface area contributed by atoms with Crippen molar-refractivity contribution in [3.8, 4) is 11.3 Å². The van der Waals surface area contributed by atoms with Gasteiger partial charge in [0.2, 0.25) is 0 Å². The maximum atomic E-state index is 3.88. The molecule has 0 bridgehead atoms. The van der Waals surface area contributed by atoms with E-state index in [1.165, 1.54) is 11.5 Å². The lowest BCUT2D eigenvalue weighted by atomic mass is 10.2. The molecule has 0 saturated carbocycles. The zero-order valence-electron chi connectivity index (χ0n) is 5.56. The summed E-state index contributed by atoms with van der Waals surface area (Å²) < 4.78 is 3.74. The fraction of sp³-hybridized carbons (Fsp3) is 0. The van der Waals surface area contributed by atoms with Crippen molar-refractivity contribution < 1.29 is 0 Å². The lowest BCUT2D eigenvalue weighted by molar-refractivity contribution is 1.15. The first kappa shape index (κ1) is 6.42. The highest BCUT2D eigenvalue weighted by molar-refractivity contribution is 7.03. The van der Waals surface area contributed by atoms with Gasteiger partial charge in [-0.2, -0.15) is 0 Å².